The lowest BCUT2D eigenvalue weighted by molar-refractivity contribution is -0.122. The molecule has 6 heteroatoms. The van der Waals surface area contributed by atoms with E-state index in [1.807, 2.05) is 0 Å². The van der Waals surface area contributed by atoms with Crippen molar-refractivity contribution < 1.29 is 19.1 Å². The Bertz CT molecular complexity index is 760. The van der Waals surface area contributed by atoms with Gasteiger partial charge in [-0.15, -0.1) is 0 Å². The van der Waals surface area contributed by atoms with Crippen LogP contribution in [-0.4, -0.2) is 24.9 Å². The second-order valence-electron chi connectivity index (χ2n) is 5.18. The van der Waals surface area contributed by atoms with Crippen molar-refractivity contribution in [3.63, 3.8) is 0 Å². The molecule has 0 aliphatic heterocycles. The fourth-order valence-corrected chi connectivity index (χ4v) is 2.23. The molecule has 1 atom stereocenters. The van der Waals surface area contributed by atoms with E-state index >= 15 is 0 Å². The number of amides is 1. The Morgan fingerprint density at radius 3 is 2.58 bits per heavy atom. The summed E-state index contributed by atoms with van der Waals surface area (Å²) in [7, 11) is 1.51. The molecule has 1 N–H and O–H groups in total. The van der Waals surface area contributed by atoms with Gasteiger partial charge in [-0.05, 0) is 44.2 Å². The molecule has 2 aromatic carbocycles. The van der Waals surface area contributed by atoms with Gasteiger partial charge in [0.1, 0.15) is 11.5 Å². The molecule has 0 fully saturated rings. The van der Waals surface area contributed by atoms with E-state index in [1.165, 1.54) is 14.0 Å². The molecule has 0 aliphatic carbocycles. The summed E-state index contributed by atoms with van der Waals surface area (Å²) in [5, 5.41) is 3.20. The Labute approximate surface area is 145 Å². The number of halogens is 1. The van der Waals surface area contributed by atoms with Crippen molar-refractivity contribution in [2.45, 2.75) is 20.0 Å². The van der Waals surface area contributed by atoms with Crippen LogP contribution in [0.1, 0.15) is 24.2 Å². The van der Waals surface area contributed by atoms with Crippen LogP contribution in [0.2, 0.25) is 5.02 Å². The van der Waals surface area contributed by atoms with E-state index in [9.17, 15) is 9.59 Å². The molecule has 2 rings (SSSR count). The monoisotopic (exact) mass is 347 g/mol. The van der Waals surface area contributed by atoms with Crippen molar-refractivity contribution in [1.82, 2.24) is 0 Å². The molecule has 126 valence electrons. The van der Waals surface area contributed by atoms with E-state index in [0.717, 1.165) is 0 Å². The minimum atomic E-state index is -0.768. The summed E-state index contributed by atoms with van der Waals surface area (Å²) in [5.41, 5.74) is 0.986. The van der Waals surface area contributed by atoms with Gasteiger partial charge in [-0.1, -0.05) is 23.7 Å². The van der Waals surface area contributed by atoms with Gasteiger partial charge in [0.05, 0.1) is 12.8 Å². The number of anilines is 1. The number of ketones is 1. The van der Waals surface area contributed by atoms with Crippen LogP contribution in [0.4, 0.5) is 5.69 Å². The lowest BCUT2D eigenvalue weighted by Crippen LogP contribution is -2.30. The highest BCUT2D eigenvalue weighted by molar-refractivity contribution is 6.31. The molecule has 0 saturated heterocycles. The maximum absolute atomic E-state index is 12.3. The van der Waals surface area contributed by atoms with E-state index in [2.05, 4.69) is 5.32 Å². The molecule has 0 radical (unpaired) electrons. The summed E-state index contributed by atoms with van der Waals surface area (Å²) >= 11 is 5.94. The predicted octanol–water partition coefficient (Wildman–Crippen LogP) is 3.96. The molecule has 2 aromatic rings. The van der Waals surface area contributed by atoms with Crippen LogP contribution >= 0.6 is 11.6 Å². The summed E-state index contributed by atoms with van der Waals surface area (Å²) < 4.78 is 10.8. The molecule has 0 bridgehead atoms. The first-order valence-corrected chi connectivity index (χ1v) is 7.70. The SMILES string of the molecule is COc1ccc(Cl)cc1NC(=O)[C@@H](C)Oc1cccc(C(C)=O)c1. The molecule has 1 amide bonds. The third-order valence-corrected chi connectivity index (χ3v) is 3.58. The van der Waals surface area contributed by atoms with Gasteiger partial charge in [0, 0.05) is 10.6 Å². The summed E-state index contributed by atoms with van der Waals surface area (Å²) in [6.45, 7) is 3.09. The Hall–Kier alpha value is -2.53. The number of hydrogen-bond donors (Lipinski definition) is 1. The minimum Gasteiger partial charge on any atom is -0.495 e. The van der Waals surface area contributed by atoms with Crippen LogP contribution in [-0.2, 0) is 4.79 Å². The van der Waals surface area contributed by atoms with Crippen LogP contribution in [0.25, 0.3) is 0 Å². The van der Waals surface area contributed by atoms with Gasteiger partial charge in [-0.25, -0.2) is 0 Å². The third kappa shape index (κ3) is 4.49. The normalized spacial score (nSPS) is 11.5. The molecule has 5 nitrogen and oxygen atoms in total. The lowest BCUT2D eigenvalue weighted by Gasteiger charge is -2.16. The van der Waals surface area contributed by atoms with Crippen molar-refractivity contribution in [3.8, 4) is 11.5 Å². The topological polar surface area (TPSA) is 64.6 Å². The largest absolute Gasteiger partial charge is 0.495 e. The molecule has 0 unspecified atom stereocenters. The van der Waals surface area contributed by atoms with Crippen molar-refractivity contribution >= 4 is 29.0 Å². The number of nitrogens with one attached hydrogen (secondary N) is 1. The quantitative estimate of drug-likeness (QED) is 0.803. The number of carbonyl (C=O) groups excluding carboxylic acids is 2. The van der Waals surface area contributed by atoms with Gasteiger partial charge in [0.15, 0.2) is 11.9 Å². The molecule has 0 heterocycles. The van der Waals surface area contributed by atoms with Gasteiger partial charge < -0.3 is 14.8 Å². The number of benzene rings is 2. The van der Waals surface area contributed by atoms with E-state index in [1.54, 1.807) is 49.4 Å². The summed E-state index contributed by atoms with van der Waals surface area (Å²) in [6, 6.07) is 11.6. The summed E-state index contributed by atoms with van der Waals surface area (Å²) in [5.74, 6) is 0.520. The number of Topliss-reactive ketones (excluding diaryl/α,β-unsaturated/α-hetero) is 1. The van der Waals surface area contributed by atoms with E-state index in [4.69, 9.17) is 21.1 Å². The second kappa shape index (κ2) is 7.84. The van der Waals surface area contributed by atoms with E-state index < -0.39 is 6.10 Å². The standard InChI is InChI=1S/C18H18ClNO4/c1-11(21)13-5-4-6-15(9-13)24-12(2)18(22)20-16-10-14(19)7-8-17(16)23-3/h4-10,12H,1-3H3,(H,20,22)/t12-/m1/s1. The Morgan fingerprint density at radius 1 is 1.17 bits per heavy atom. The highest BCUT2D eigenvalue weighted by Crippen LogP contribution is 2.28. The van der Waals surface area contributed by atoms with Gasteiger partial charge in [0.2, 0.25) is 0 Å². The number of methoxy groups -OCH3 is 1. The number of ether oxygens (including phenoxy) is 2. The predicted molar refractivity (Wildman–Crippen MR) is 93.2 cm³/mol. The lowest BCUT2D eigenvalue weighted by atomic mass is 10.1. The van der Waals surface area contributed by atoms with Crippen LogP contribution in [0, 0.1) is 0 Å². The van der Waals surface area contributed by atoms with Gasteiger partial charge in [-0.3, -0.25) is 9.59 Å². The third-order valence-electron chi connectivity index (χ3n) is 3.34. The first kappa shape index (κ1) is 17.8. The first-order chi connectivity index (χ1) is 11.4. The zero-order valence-electron chi connectivity index (χ0n) is 13.6. The van der Waals surface area contributed by atoms with Crippen molar-refractivity contribution in [1.29, 1.82) is 0 Å². The zero-order valence-corrected chi connectivity index (χ0v) is 14.4. The van der Waals surface area contributed by atoms with Crippen molar-refractivity contribution in [2.75, 3.05) is 12.4 Å². The zero-order chi connectivity index (χ0) is 17.7. The molecule has 0 aromatic heterocycles. The van der Waals surface area contributed by atoms with E-state index in [0.29, 0.717) is 27.8 Å². The number of carbonyl (C=O) groups is 2. The average molecular weight is 348 g/mol. The highest BCUT2D eigenvalue weighted by Gasteiger charge is 2.17. The molecule has 0 saturated carbocycles. The Kier molecular flexibility index (Phi) is 5.82. The smallest absolute Gasteiger partial charge is 0.265 e. The van der Waals surface area contributed by atoms with E-state index in [-0.39, 0.29) is 11.7 Å². The number of hydrogen-bond acceptors (Lipinski definition) is 4. The Morgan fingerprint density at radius 2 is 1.92 bits per heavy atom. The van der Waals surface area contributed by atoms with Crippen molar-refractivity contribution in [2.24, 2.45) is 0 Å². The average Bonchev–Trinajstić information content (AvgIpc) is 2.55. The molecular formula is C18H18ClNO4. The van der Waals surface area contributed by atoms with Crippen LogP contribution in [0.5, 0.6) is 11.5 Å². The van der Waals surface area contributed by atoms with Gasteiger partial charge >= 0.3 is 0 Å². The molecular weight excluding hydrogens is 330 g/mol. The van der Waals surface area contributed by atoms with Crippen molar-refractivity contribution in [3.05, 3.63) is 53.1 Å². The number of rotatable bonds is 6. The van der Waals surface area contributed by atoms with Crippen LogP contribution < -0.4 is 14.8 Å². The minimum absolute atomic E-state index is 0.0683. The molecule has 0 aliphatic rings. The van der Waals surface area contributed by atoms with Crippen LogP contribution in [0.15, 0.2) is 42.5 Å². The second-order valence-corrected chi connectivity index (χ2v) is 5.61. The van der Waals surface area contributed by atoms with Crippen LogP contribution in [0.3, 0.4) is 0 Å². The van der Waals surface area contributed by atoms with Gasteiger partial charge in [0.25, 0.3) is 5.91 Å². The summed E-state index contributed by atoms with van der Waals surface area (Å²) in [4.78, 5) is 23.7. The fraction of sp³-hybridized carbons (Fsp3) is 0.222. The summed E-state index contributed by atoms with van der Waals surface area (Å²) in [6.07, 6.45) is -0.768. The van der Waals surface area contributed by atoms with Gasteiger partial charge in [-0.2, -0.15) is 0 Å². The maximum Gasteiger partial charge on any atom is 0.265 e. The highest BCUT2D eigenvalue weighted by atomic mass is 35.5. The molecule has 0 spiro atoms. The Balaban J connectivity index is 2.09. The molecule has 24 heavy (non-hydrogen) atoms. The first-order valence-electron chi connectivity index (χ1n) is 7.32. The maximum atomic E-state index is 12.3. The fourth-order valence-electron chi connectivity index (χ4n) is 2.06.